The number of fused-ring (bicyclic) bond motifs is 1. The molecule has 3 heterocycles. The smallest absolute Gasteiger partial charge is 0.253 e. The Bertz CT molecular complexity index is 1400. The summed E-state index contributed by atoms with van der Waals surface area (Å²) in [5.74, 6) is 1.41. The lowest BCUT2D eigenvalue weighted by Gasteiger charge is -2.13. The highest BCUT2D eigenvalue weighted by molar-refractivity contribution is 5.79. The van der Waals surface area contributed by atoms with Crippen molar-refractivity contribution in [1.29, 1.82) is 0 Å². The highest BCUT2D eigenvalue weighted by atomic mass is 19.1. The number of rotatable bonds is 5. The SMILES string of the molecule is C[C](c1ccccc1)c1cnc(-n2nc(Cc3ccccc3F)c3ncccc32)nc1N. The Hall–Kier alpha value is -4.13. The minimum Gasteiger partial charge on any atom is -0.383 e. The number of nitrogen functional groups attached to an aromatic ring is 1. The lowest BCUT2D eigenvalue weighted by atomic mass is 9.95. The highest BCUT2D eigenvalue weighted by Gasteiger charge is 2.19. The molecule has 2 aromatic carbocycles. The molecule has 32 heavy (non-hydrogen) atoms. The van der Waals surface area contributed by atoms with Gasteiger partial charge in [-0.15, -0.1) is 0 Å². The Morgan fingerprint density at radius 2 is 1.75 bits per heavy atom. The molecule has 0 atom stereocenters. The van der Waals surface area contributed by atoms with Gasteiger partial charge in [-0.1, -0.05) is 55.5 Å². The number of nitrogens with zero attached hydrogens (tertiary/aromatic N) is 5. The second kappa shape index (κ2) is 8.19. The van der Waals surface area contributed by atoms with E-state index in [0.717, 1.165) is 22.6 Å². The second-order valence-electron chi connectivity index (χ2n) is 7.46. The maximum atomic E-state index is 14.2. The van der Waals surface area contributed by atoms with Crippen LogP contribution in [0.3, 0.4) is 0 Å². The summed E-state index contributed by atoms with van der Waals surface area (Å²) in [5, 5.41) is 4.67. The third-order valence-corrected chi connectivity index (χ3v) is 5.43. The minimum absolute atomic E-state index is 0.275. The van der Waals surface area contributed by atoms with Crippen LogP contribution in [-0.2, 0) is 6.42 Å². The van der Waals surface area contributed by atoms with Gasteiger partial charge in [-0.3, -0.25) is 4.98 Å². The number of nitrogens with two attached hydrogens (primary N) is 1. The predicted molar refractivity (Wildman–Crippen MR) is 122 cm³/mol. The summed E-state index contributed by atoms with van der Waals surface area (Å²) in [6, 6.07) is 20.3. The quantitative estimate of drug-likeness (QED) is 0.450. The molecule has 1 radical (unpaired) electrons. The molecule has 6 nitrogen and oxygen atoms in total. The number of aromatic nitrogens is 5. The van der Waals surface area contributed by atoms with Crippen molar-refractivity contribution >= 4 is 16.9 Å². The molecule has 0 fully saturated rings. The fourth-order valence-electron chi connectivity index (χ4n) is 3.73. The van der Waals surface area contributed by atoms with E-state index in [1.54, 1.807) is 35.3 Å². The molecule has 7 heteroatoms. The van der Waals surface area contributed by atoms with E-state index in [9.17, 15) is 4.39 Å². The van der Waals surface area contributed by atoms with Crippen LogP contribution in [0.4, 0.5) is 10.2 Å². The number of pyridine rings is 1. The van der Waals surface area contributed by atoms with Crippen LogP contribution in [0.25, 0.3) is 17.0 Å². The third kappa shape index (κ3) is 3.58. The molecule has 0 amide bonds. The van der Waals surface area contributed by atoms with Crippen molar-refractivity contribution in [2.45, 2.75) is 13.3 Å². The van der Waals surface area contributed by atoms with Crippen molar-refractivity contribution in [3.8, 4) is 5.95 Å². The van der Waals surface area contributed by atoms with Crippen molar-refractivity contribution in [1.82, 2.24) is 24.7 Å². The monoisotopic (exact) mass is 423 g/mol. The van der Waals surface area contributed by atoms with Crippen LogP contribution in [0.1, 0.15) is 29.3 Å². The Labute approximate surface area is 184 Å². The fourth-order valence-corrected chi connectivity index (χ4v) is 3.73. The Balaban J connectivity index is 1.55. The first kappa shape index (κ1) is 19.8. The molecule has 0 aliphatic rings. The zero-order valence-corrected chi connectivity index (χ0v) is 17.4. The van der Waals surface area contributed by atoms with Crippen molar-refractivity contribution in [2.75, 3.05) is 5.73 Å². The van der Waals surface area contributed by atoms with Crippen LogP contribution in [0, 0.1) is 11.7 Å². The van der Waals surface area contributed by atoms with E-state index < -0.39 is 0 Å². The zero-order valence-electron chi connectivity index (χ0n) is 17.4. The maximum Gasteiger partial charge on any atom is 0.253 e. The van der Waals surface area contributed by atoms with Gasteiger partial charge in [-0.25, -0.2) is 9.37 Å². The summed E-state index contributed by atoms with van der Waals surface area (Å²) >= 11 is 0. The van der Waals surface area contributed by atoms with E-state index in [1.165, 1.54) is 6.07 Å². The van der Waals surface area contributed by atoms with E-state index in [-0.39, 0.29) is 5.82 Å². The molecule has 0 bridgehead atoms. The van der Waals surface area contributed by atoms with Crippen LogP contribution in [0.15, 0.2) is 79.1 Å². The average Bonchev–Trinajstić information content (AvgIpc) is 3.19. The van der Waals surface area contributed by atoms with Gasteiger partial charge in [0, 0.05) is 30.3 Å². The number of benzene rings is 2. The van der Waals surface area contributed by atoms with Crippen LogP contribution in [0.5, 0.6) is 0 Å². The lowest BCUT2D eigenvalue weighted by Crippen LogP contribution is -2.10. The summed E-state index contributed by atoms with van der Waals surface area (Å²) in [5.41, 5.74) is 10.7. The van der Waals surface area contributed by atoms with E-state index in [2.05, 4.69) is 20.1 Å². The largest absolute Gasteiger partial charge is 0.383 e. The summed E-state index contributed by atoms with van der Waals surface area (Å²) < 4.78 is 15.8. The molecule has 5 rings (SSSR count). The number of hydrogen-bond acceptors (Lipinski definition) is 5. The molecule has 5 aromatic rings. The molecule has 2 N–H and O–H groups in total. The molecule has 0 saturated carbocycles. The van der Waals surface area contributed by atoms with Gasteiger partial charge >= 0.3 is 0 Å². The van der Waals surface area contributed by atoms with E-state index in [4.69, 9.17) is 5.73 Å². The molecule has 157 valence electrons. The summed E-state index contributed by atoms with van der Waals surface area (Å²) in [4.78, 5) is 13.5. The molecule has 3 aromatic heterocycles. The Kier molecular flexibility index (Phi) is 5.07. The van der Waals surface area contributed by atoms with E-state index in [1.807, 2.05) is 49.4 Å². The number of hydrogen-bond donors (Lipinski definition) is 1. The van der Waals surface area contributed by atoms with Gasteiger partial charge in [0.25, 0.3) is 5.95 Å². The molecular formula is C25H20FN6. The van der Waals surface area contributed by atoms with Crippen LogP contribution < -0.4 is 5.73 Å². The second-order valence-corrected chi connectivity index (χ2v) is 7.46. The first-order chi connectivity index (χ1) is 15.6. The Morgan fingerprint density at radius 3 is 2.53 bits per heavy atom. The molecule has 0 aliphatic carbocycles. The minimum atomic E-state index is -0.275. The average molecular weight is 423 g/mol. The topological polar surface area (TPSA) is 82.5 Å². The number of halogens is 1. The summed E-state index contributed by atoms with van der Waals surface area (Å²) in [6.45, 7) is 1.99. The van der Waals surface area contributed by atoms with Gasteiger partial charge in [-0.05, 0) is 29.3 Å². The fraction of sp³-hybridized carbons (Fsp3) is 0.0800. The van der Waals surface area contributed by atoms with Gasteiger partial charge in [0.05, 0.1) is 11.2 Å². The first-order valence-corrected chi connectivity index (χ1v) is 10.2. The first-order valence-electron chi connectivity index (χ1n) is 10.2. The summed E-state index contributed by atoms with van der Waals surface area (Å²) in [6.07, 6.45) is 3.71. The van der Waals surface area contributed by atoms with Crippen molar-refractivity contribution in [2.24, 2.45) is 0 Å². The standard InChI is InChI=1S/C25H20FN6/c1-16(17-8-3-2-4-9-17)19-15-29-25(30-24(19)27)32-22-12-7-13-28-23(22)21(31-32)14-18-10-5-6-11-20(18)26/h2-13,15H,14H2,1H3,(H2,27,29,30). The van der Waals surface area contributed by atoms with Crippen molar-refractivity contribution in [3.63, 3.8) is 0 Å². The van der Waals surface area contributed by atoms with Crippen LogP contribution in [-0.4, -0.2) is 24.7 Å². The van der Waals surface area contributed by atoms with Gasteiger partial charge in [0.2, 0.25) is 0 Å². The van der Waals surface area contributed by atoms with Crippen LogP contribution in [0.2, 0.25) is 0 Å². The lowest BCUT2D eigenvalue weighted by molar-refractivity contribution is 0.613. The maximum absolute atomic E-state index is 14.2. The Morgan fingerprint density at radius 1 is 0.969 bits per heavy atom. The van der Waals surface area contributed by atoms with Gasteiger partial charge < -0.3 is 5.73 Å². The highest BCUT2D eigenvalue weighted by Crippen LogP contribution is 2.27. The summed E-state index contributed by atoms with van der Waals surface area (Å²) in [7, 11) is 0. The number of anilines is 1. The van der Waals surface area contributed by atoms with Crippen molar-refractivity contribution < 1.29 is 4.39 Å². The van der Waals surface area contributed by atoms with E-state index >= 15 is 0 Å². The molecule has 0 spiro atoms. The van der Waals surface area contributed by atoms with E-state index in [0.29, 0.717) is 35.0 Å². The molecular weight excluding hydrogens is 403 g/mol. The molecule has 0 aliphatic heterocycles. The van der Waals surface area contributed by atoms with Gasteiger partial charge in [0.15, 0.2) is 0 Å². The van der Waals surface area contributed by atoms with Crippen molar-refractivity contribution in [3.05, 3.63) is 113 Å². The predicted octanol–water partition coefficient (Wildman–Crippen LogP) is 4.51. The van der Waals surface area contributed by atoms with Crippen LogP contribution >= 0.6 is 0 Å². The van der Waals surface area contributed by atoms with Gasteiger partial charge in [-0.2, -0.15) is 14.8 Å². The zero-order chi connectivity index (χ0) is 22.1. The van der Waals surface area contributed by atoms with Gasteiger partial charge in [0.1, 0.15) is 17.2 Å². The molecule has 0 unspecified atom stereocenters. The molecule has 0 saturated heterocycles. The normalized spacial score (nSPS) is 11.3. The third-order valence-electron chi connectivity index (χ3n) is 5.43.